The summed E-state index contributed by atoms with van der Waals surface area (Å²) in [5.74, 6) is -1.05. The number of fused-ring (bicyclic) bond motifs is 1. The summed E-state index contributed by atoms with van der Waals surface area (Å²) in [4.78, 5) is 10.6. The molecule has 0 atom stereocenters. The molecule has 0 saturated carbocycles. The molecule has 0 amide bonds. The van der Waals surface area contributed by atoms with Gasteiger partial charge in [-0.15, -0.1) is 0 Å². The van der Waals surface area contributed by atoms with Crippen molar-refractivity contribution in [3.63, 3.8) is 0 Å². The summed E-state index contributed by atoms with van der Waals surface area (Å²) < 4.78 is 0. The van der Waals surface area contributed by atoms with Gasteiger partial charge in [0.25, 0.3) is 0 Å². The Bertz CT molecular complexity index is 377. The number of carbonyl (C=O) groups excluding carboxylic acids is 1. The van der Waals surface area contributed by atoms with Crippen molar-refractivity contribution in [3.8, 4) is 0 Å². The van der Waals surface area contributed by atoms with Crippen molar-refractivity contribution in [2.24, 2.45) is 0 Å². The van der Waals surface area contributed by atoms with Gasteiger partial charge in [0.1, 0.15) is 0 Å². The first-order valence-electron chi connectivity index (χ1n) is 4.27. The van der Waals surface area contributed by atoms with E-state index in [1.165, 1.54) is 5.56 Å². The number of benzene rings is 1. The molecule has 0 unspecified atom stereocenters. The van der Waals surface area contributed by atoms with Gasteiger partial charge < -0.3 is 9.90 Å². The lowest BCUT2D eigenvalue weighted by molar-refractivity contribution is -0.299. The smallest absolute Gasteiger partial charge is 0.0675 e. The highest BCUT2D eigenvalue weighted by molar-refractivity contribution is 5.91. The average Bonchev–Trinajstić information content (AvgIpc) is 2.17. The fourth-order valence-electron chi connectivity index (χ4n) is 1.59. The Morgan fingerprint density at radius 1 is 1.23 bits per heavy atom. The van der Waals surface area contributed by atoms with Crippen LogP contribution in [-0.2, 0) is 11.2 Å². The van der Waals surface area contributed by atoms with E-state index in [0.29, 0.717) is 12.0 Å². The van der Waals surface area contributed by atoms with E-state index in [1.54, 1.807) is 6.08 Å². The summed E-state index contributed by atoms with van der Waals surface area (Å²) in [5, 5.41) is 10.6. The summed E-state index contributed by atoms with van der Waals surface area (Å²) in [6.07, 6.45) is 3.09. The van der Waals surface area contributed by atoms with Gasteiger partial charge in [-0.1, -0.05) is 24.3 Å². The average molecular weight is 173 g/mol. The second-order valence-corrected chi connectivity index (χ2v) is 3.16. The molecule has 0 saturated heterocycles. The third-order valence-corrected chi connectivity index (χ3v) is 2.31. The second-order valence-electron chi connectivity index (χ2n) is 3.16. The standard InChI is InChI=1S/C11H10O2/c12-11(13)10-6-5-8-3-1-2-4-9(8)7-10/h1-4,7H,5-6H2,(H,12,13)/p-1. The molecule has 0 fully saturated rings. The molecule has 0 spiro atoms. The molecule has 0 aliphatic heterocycles. The fourth-order valence-corrected chi connectivity index (χ4v) is 1.59. The van der Waals surface area contributed by atoms with Crippen molar-refractivity contribution in [1.29, 1.82) is 0 Å². The van der Waals surface area contributed by atoms with Crippen LogP contribution in [0.5, 0.6) is 0 Å². The number of carboxylic acids is 1. The lowest BCUT2D eigenvalue weighted by atomic mass is 9.92. The molecule has 1 aliphatic carbocycles. The number of aryl methyl sites for hydroxylation is 1. The molecule has 1 aliphatic rings. The quantitative estimate of drug-likeness (QED) is 0.629. The summed E-state index contributed by atoms with van der Waals surface area (Å²) in [7, 11) is 0. The van der Waals surface area contributed by atoms with Gasteiger partial charge in [0.15, 0.2) is 0 Å². The number of carboxylic acid groups (broad SMARTS) is 1. The first-order chi connectivity index (χ1) is 6.27. The van der Waals surface area contributed by atoms with Crippen LogP contribution in [0, 0.1) is 0 Å². The Labute approximate surface area is 76.5 Å². The molecule has 1 aromatic rings. The van der Waals surface area contributed by atoms with E-state index in [2.05, 4.69) is 0 Å². The van der Waals surface area contributed by atoms with Gasteiger partial charge >= 0.3 is 0 Å². The van der Waals surface area contributed by atoms with Crippen molar-refractivity contribution in [2.75, 3.05) is 0 Å². The van der Waals surface area contributed by atoms with Crippen LogP contribution < -0.4 is 5.11 Å². The first kappa shape index (κ1) is 8.05. The van der Waals surface area contributed by atoms with Crippen molar-refractivity contribution in [1.82, 2.24) is 0 Å². The predicted octanol–water partition coefficient (Wildman–Crippen LogP) is 0.766. The molecule has 1 aromatic carbocycles. The van der Waals surface area contributed by atoms with E-state index in [1.807, 2.05) is 24.3 Å². The van der Waals surface area contributed by atoms with Gasteiger partial charge in [-0.25, -0.2) is 0 Å². The monoisotopic (exact) mass is 173 g/mol. The van der Waals surface area contributed by atoms with Crippen molar-refractivity contribution < 1.29 is 9.90 Å². The highest BCUT2D eigenvalue weighted by Gasteiger charge is 2.09. The normalized spacial score (nSPS) is 14.6. The lowest BCUT2D eigenvalue weighted by Crippen LogP contribution is -2.25. The number of carbonyl (C=O) groups is 1. The Kier molecular flexibility index (Phi) is 1.89. The van der Waals surface area contributed by atoms with Crippen LogP contribution in [0.15, 0.2) is 29.8 Å². The number of rotatable bonds is 1. The highest BCUT2D eigenvalue weighted by atomic mass is 16.4. The summed E-state index contributed by atoms with van der Waals surface area (Å²) >= 11 is 0. The van der Waals surface area contributed by atoms with E-state index in [4.69, 9.17) is 0 Å². The zero-order valence-corrected chi connectivity index (χ0v) is 7.12. The van der Waals surface area contributed by atoms with Crippen LogP contribution in [0.3, 0.4) is 0 Å². The van der Waals surface area contributed by atoms with Crippen LogP contribution in [0.25, 0.3) is 6.08 Å². The molecule has 0 aromatic heterocycles. The van der Waals surface area contributed by atoms with Gasteiger partial charge in [-0.05, 0) is 35.6 Å². The molecular weight excluding hydrogens is 164 g/mol. The van der Waals surface area contributed by atoms with Crippen LogP contribution in [-0.4, -0.2) is 5.97 Å². The SMILES string of the molecule is O=C([O-])C1=Cc2ccccc2CC1. The van der Waals surface area contributed by atoms with E-state index >= 15 is 0 Å². The Morgan fingerprint density at radius 3 is 2.77 bits per heavy atom. The Hall–Kier alpha value is -1.57. The molecule has 0 heterocycles. The maximum Gasteiger partial charge on any atom is 0.0675 e. The minimum absolute atomic E-state index is 0.402. The van der Waals surface area contributed by atoms with E-state index in [-0.39, 0.29) is 0 Å². The molecule has 2 heteroatoms. The lowest BCUT2D eigenvalue weighted by Gasteiger charge is -2.16. The second kappa shape index (κ2) is 3.05. The van der Waals surface area contributed by atoms with E-state index < -0.39 is 5.97 Å². The zero-order valence-electron chi connectivity index (χ0n) is 7.12. The third kappa shape index (κ3) is 1.47. The number of aliphatic carboxylic acids is 1. The first-order valence-corrected chi connectivity index (χ1v) is 4.27. The molecule has 0 N–H and O–H groups in total. The molecule has 0 bridgehead atoms. The minimum Gasteiger partial charge on any atom is -0.545 e. The third-order valence-electron chi connectivity index (χ3n) is 2.31. The molecule has 0 radical (unpaired) electrons. The van der Waals surface area contributed by atoms with Crippen LogP contribution >= 0.6 is 0 Å². The topological polar surface area (TPSA) is 40.1 Å². The maximum atomic E-state index is 10.6. The van der Waals surface area contributed by atoms with Crippen molar-refractivity contribution >= 4 is 12.0 Å². The minimum atomic E-state index is -1.05. The highest BCUT2D eigenvalue weighted by Crippen LogP contribution is 2.22. The van der Waals surface area contributed by atoms with Crippen LogP contribution in [0.2, 0.25) is 0 Å². The van der Waals surface area contributed by atoms with Gasteiger partial charge in [-0.3, -0.25) is 0 Å². The zero-order chi connectivity index (χ0) is 9.26. The summed E-state index contributed by atoms with van der Waals surface area (Å²) in [6.45, 7) is 0. The number of hydrogen-bond donors (Lipinski definition) is 0. The molecule has 2 rings (SSSR count). The maximum absolute atomic E-state index is 10.6. The summed E-state index contributed by atoms with van der Waals surface area (Å²) in [6, 6.07) is 7.83. The Balaban J connectivity index is 2.44. The molecular formula is C11H9O2-. The van der Waals surface area contributed by atoms with Gasteiger partial charge in [0.05, 0.1) is 5.97 Å². The van der Waals surface area contributed by atoms with Gasteiger partial charge in [0.2, 0.25) is 0 Å². The van der Waals surface area contributed by atoms with Gasteiger partial charge in [0, 0.05) is 0 Å². The fraction of sp³-hybridized carbons (Fsp3) is 0.182. The summed E-state index contributed by atoms with van der Waals surface area (Å²) in [5.41, 5.74) is 2.62. The van der Waals surface area contributed by atoms with Crippen LogP contribution in [0.4, 0.5) is 0 Å². The molecule has 13 heavy (non-hydrogen) atoms. The Morgan fingerprint density at radius 2 is 2.00 bits per heavy atom. The van der Waals surface area contributed by atoms with Crippen molar-refractivity contribution in [2.45, 2.75) is 12.8 Å². The predicted molar refractivity (Wildman–Crippen MR) is 47.7 cm³/mol. The van der Waals surface area contributed by atoms with E-state index in [0.717, 1.165) is 12.0 Å². The van der Waals surface area contributed by atoms with E-state index in [9.17, 15) is 9.90 Å². The van der Waals surface area contributed by atoms with Crippen LogP contribution in [0.1, 0.15) is 17.5 Å². The largest absolute Gasteiger partial charge is 0.545 e. The molecule has 2 nitrogen and oxygen atoms in total. The number of hydrogen-bond acceptors (Lipinski definition) is 2. The molecule has 66 valence electrons. The van der Waals surface area contributed by atoms with Gasteiger partial charge in [-0.2, -0.15) is 0 Å². The van der Waals surface area contributed by atoms with Crippen molar-refractivity contribution in [3.05, 3.63) is 41.0 Å².